The Kier molecular flexibility index (Phi) is 0.760. The van der Waals surface area contributed by atoms with Crippen molar-refractivity contribution in [3.8, 4) is 0 Å². The molecule has 1 atom stereocenters. The monoisotopic (exact) mass is 125 g/mol. The minimum absolute atomic E-state index is 0.295. The van der Waals surface area contributed by atoms with Gasteiger partial charge in [0.2, 0.25) is 0 Å². The van der Waals surface area contributed by atoms with Crippen LogP contribution in [0.3, 0.4) is 0 Å². The lowest BCUT2D eigenvalue weighted by atomic mass is 10.0. The molecule has 0 aliphatic heterocycles. The topological polar surface area (TPSA) is 26.0 Å². The Labute approximate surface area is 56.6 Å². The number of hydrogen-bond donors (Lipinski definition) is 1. The van der Waals surface area contributed by atoms with Gasteiger partial charge in [0.25, 0.3) is 0 Å². The Morgan fingerprint density at radius 1 is 1.33 bits per heavy atom. The standard InChI is InChI=1S/C8H15N/c1-7(2)5-6(7)8(9)3-4-8/h6H,3-5,9H2,1-2H3. The Morgan fingerprint density at radius 3 is 1.89 bits per heavy atom. The van der Waals surface area contributed by atoms with Gasteiger partial charge in [-0.3, -0.25) is 0 Å². The highest BCUT2D eigenvalue weighted by atomic mass is 14.9. The first-order chi connectivity index (χ1) is 4.05. The summed E-state index contributed by atoms with van der Waals surface area (Å²) in [5.74, 6) is 0.852. The molecule has 9 heavy (non-hydrogen) atoms. The van der Waals surface area contributed by atoms with Gasteiger partial charge in [0.05, 0.1) is 0 Å². The highest BCUT2D eigenvalue weighted by Gasteiger charge is 2.61. The van der Waals surface area contributed by atoms with Gasteiger partial charge in [-0.25, -0.2) is 0 Å². The first-order valence-electron chi connectivity index (χ1n) is 3.83. The van der Waals surface area contributed by atoms with Crippen LogP contribution in [0.5, 0.6) is 0 Å². The third kappa shape index (κ3) is 0.710. The van der Waals surface area contributed by atoms with Gasteiger partial charge in [0.15, 0.2) is 0 Å². The lowest BCUT2D eigenvalue weighted by molar-refractivity contribution is 0.467. The molecule has 1 nitrogen and oxygen atoms in total. The molecule has 0 amide bonds. The molecule has 0 aromatic rings. The molecule has 1 heteroatoms. The zero-order chi connectivity index (χ0) is 6.70. The minimum Gasteiger partial charge on any atom is -0.325 e. The summed E-state index contributed by atoms with van der Waals surface area (Å²) >= 11 is 0. The molecular formula is C8H15N. The van der Waals surface area contributed by atoms with E-state index < -0.39 is 0 Å². The van der Waals surface area contributed by atoms with Crippen LogP contribution in [0.15, 0.2) is 0 Å². The van der Waals surface area contributed by atoms with Gasteiger partial charge >= 0.3 is 0 Å². The van der Waals surface area contributed by atoms with E-state index in [1.807, 2.05) is 0 Å². The average molecular weight is 125 g/mol. The molecule has 52 valence electrons. The van der Waals surface area contributed by atoms with Crippen LogP contribution in [0.2, 0.25) is 0 Å². The fraction of sp³-hybridized carbons (Fsp3) is 1.00. The van der Waals surface area contributed by atoms with E-state index in [1.54, 1.807) is 0 Å². The molecular weight excluding hydrogens is 110 g/mol. The summed E-state index contributed by atoms with van der Waals surface area (Å²) in [7, 11) is 0. The second-order valence-corrected chi connectivity index (χ2v) is 4.48. The molecule has 0 aromatic heterocycles. The van der Waals surface area contributed by atoms with Gasteiger partial charge in [-0.15, -0.1) is 0 Å². The van der Waals surface area contributed by atoms with Crippen LogP contribution in [-0.4, -0.2) is 5.54 Å². The third-order valence-electron chi connectivity index (χ3n) is 3.03. The average Bonchev–Trinajstić information content (AvgIpc) is 2.51. The van der Waals surface area contributed by atoms with Crippen molar-refractivity contribution in [2.45, 2.75) is 38.6 Å². The summed E-state index contributed by atoms with van der Waals surface area (Å²) in [5.41, 5.74) is 6.91. The van der Waals surface area contributed by atoms with Crippen molar-refractivity contribution in [3.05, 3.63) is 0 Å². The van der Waals surface area contributed by atoms with Crippen LogP contribution >= 0.6 is 0 Å². The van der Waals surface area contributed by atoms with Gasteiger partial charge < -0.3 is 5.73 Å². The predicted molar refractivity (Wildman–Crippen MR) is 38.0 cm³/mol. The maximum atomic E-state index is 6.03. The van der Waals surface area contributed by atoms with Gasteiger partial charge in [-0.2, -0.15) is 0 Å². The van der Waals surface area contributed by atoms with Crippen molar-refractivity contribution >= 4 is 0 Å². The molecule has 2 aliphatic carbocycles. The first-order valence-corrected chi connectivity index (χ1v) is 3.83. The van der Waals surface area contributed by atoms with Gasteiger partial charge in [0.1, 0.15) is 0 Å². The van der Waals surface area contributed by atoms with Crippen molar-refractivity contribution in [2.24, 2.45) is 17.1 Å². The molecule has 2 saturated carbocycles. The van der Waals surface area contributed by atoms with Crippen LogP contribution in [0.25, 0.3) is 0 Å². The van der Waals surface area contributed by atoms with E-state index >= 15 is 0 Å². The summed E-state index contributed by atoms with van der Waals surface area (Å²) in [4.78, 5) is 0. The maximum absolute atomic E-state index is 6.03. The quantitative estimate of drug-likeness (QED) is 0.565. The number of rotatable bonds is 1. The van der Waals surface area contributed by atoms with Gasteiger partial charge in [0, 0.05) is 5.54 Å². The normalized spacial score (nSPS) is 42.3. The van der Waals surface area contributed by atoms with E-state index in [2.05, 4.69) is 13.8 Å². The van der Waals surface area contributed by atoms with Crippen molar-refractivity contribution in [1.29, 1.82) is 0 Å². The smallest absolute Gasteiger partial charge is 0.0189 e. The van der Waals surface area contributed by atoms with Crippen LogP contribution in [0.4, 0.5) is 0 Å². The highest BCUT2D eigenvalue weighted by molar-refractivity contribution is 5.16. The number of nitrogens with two attached hydrogens (primary N) is 1. The van der Waals surface area contributed by atoms with Crippen molar-refractivity contribution in [2.75, 3.05) is 0 Å². The molecule has 2 N–H and O–H groups in total. The SMILES string of the molecule is CC1(C)CC1C1(N)CC1. The fourth-order valence-electron chi connectivity index (χ4n) is 1.94. The Hall–Kier alpha value is -0.0400. The number of hydrogen-bond acceptors (Lipinski definition) is 1. The van der Waals surface area contributed by atoms with E-state index in [0.717, 1.165) is 5.92 Å². The fourth-order valence-corrected chi connectivity index (χ4v) is 1.94. The summed E-state index contributed by atoms with van der Waals surface area (Å²) in [6, 6.07) is 0. The molecule has 0 radical (unpaired) electrons. The zero-order valence-corrected chi connectivity index (χ0v) is 6.28. The Bertz CT molecular complexity index is 145. The summed E-state index contributed by atoms with van der Waals surface area (Å²) in [6.07, 6.45) is 3.92. The molecule has 2 aliphatic rings. The highest BCUT2D eigenvalue weighted by Crippen LogP contribution is 2.63. The largest absolute Gasteiger partial charge is 0.325 e. The van der Waals surface area contributed by atoms with E-state index in [1.165, 1.54) is 19.3 Å². The van der Waals surface area contributed by atoms with E-state index in [9.17, 15) is 0 Å². The summed E-state index contributed by atoms with van der Waals surface area (Å²) in [6.45, 7) is 4.65. The lowest BCUT2D eigenvalue weighted by Gasteiger charge is -2.09. The molecule has 0 spiro atoms. The second kappa shape index (κ2) is 1.20. The molecule has 0 bridgehead atoms. The van der Waals surface area contributed by atoms with E-state index in [-0.39, 0.29) is 0 Å². The third-order valence-corrected chi connectivity index (χ3v) is 3.03. The van der Waals surface area contributed by atoms with E-state index in [0.29, 0.717) is 11.0 Å². The van der Waals surface area contributed by atoms with Crippen molar-refractivity contribution < 1.29 is 0 Å². The lowest BCUT2D eigenvalue weighted by Crippen LogP contribution is -2.26. The minimum atomic E-state index is 0.295. The molecule has 0 saturated heterocycles. The van der Waals surface area contributed by atoms with Crippen LogP contribution in [0, 0.1) is 11.3 Å². The zero-order valence-electron chi connectivity index (χ0n) is 6.28. The van der Waals surface area contributed by atoms with Gasteiger partial charge in [-0.1, -0.05) is 13.8 Å². The molecule has 0 heterocycles. The molecule has 2 fully saturated rings. The van der Waals surface area contributed by atoms with Crippen LogP contribution in [0.1, 0.15) is 33.1 Å². The molecule has 1 unspecified atom stereocenters. The maximum Gasteiger partial charge on any atom is 0.0189 e. The predicted octanol–water partition coefficient (Wildman–Crippen LogP) is 1.52. The Morgan fingerprint density at radius 2 is 1.78 bits per heavy atom. The van der Waals surface area contributed by atoms with Crippen LogP contribution < -0.4 is 5.73 Å². The van der Waals surface area contributed by atoms with Gasteiger partial charge in [-0.05, 0) is 30.6 Å². The van der Waals surface area contributed by atoms with Crippen LogP contribution in [-0.2, 0) is 0 Å². The summed E-state index contributed by atoms with van der Waals surface area (Å²) < 4.78 is 0. The molecule has 2 rings (SSSR count). The van der Waals surface area contributed by atoms with Crippen molar-refractivity contribution in [3.63, 3.8) is 0 Å². The van der Waals surface area contributed by atoms with Crippen molar-refractivity contribution in [1.82, 2.24) is 0 Å². The van der Waals surface area contributed by atoms with E-state index in [4.69, 9.17) is 5.73 Å². The second-order valence-electron chi connectivity index (χ2n) is 4.48. The first kappa shape index (κ1) is 5.72. The Balaban J connectivity index is 2.05. The summed E-state index contributed by atoms with van der Waals surface area (Å²) in [5, 5.41) is 0. The molecule has 0 aromatic carbocycles.